The van der Waals surface area contributed by atoms with Crippen molar-refractivity contribution in [1.82, 2.24) is 19.9 Å². The summed E-state index contributed by atoms with van der Waals surface area (Å²) in [6.45, 7) is 8.41. The van der Waals surface area contributed by atoms with Gasteiger partial charge in [-0.25, -0.2) is 15.0 Å². The summed E-state index contributed by atoms with van der Waals surface area (Å²) in [5.41, 5.74) is 4.14. The van der Waals surface area contributed by atoms with Gasteiger partial charge in [0.05, 0.1) is 11.2 Å². The van der Waals surface area contributed by atoms with Crippen LogP contribution in [0.5, 0.6) is 0 Å². The van der Waals surface area contributed by atoms with E-state index in [1.54, 1.807) is 17.7 Å². The minimum absolute atomic E-state index is 0.702. The molecular formula is C16H23N5S. The highest BCUT2D eigenvalue weighted by atomic mass is 32.1. The number of nitrogens with zero attached hydrogens (tertiary/aromatic N) is 5. The van der Waals surface area contributed by atoms with E-state index in [0.717, 1.165) is 37.7 Å². The van der Waals surface area contributed by atoms with Crippen molar-refractivity contribution in [2.75, 3.05) is 31.6 Å². The smallest absolute Gasteiger partial charge is 0.132 e. The van der Waals surface area contributed by atoms with E-state index >= 15 is 0 Å². The van der Waals surface area contributed by atoms with Crippen LogP contribution in [0.25, 0.3) is 0 Å². The van der Waals surface area contributed by atoms with Crippen molar-refractivity contribution >= 4 is 17.2 Å². The molecule has 0 bridgehead atoms. The fourth-order valence-electron chi connectivity index (χ4n) is 3.03. The zero-order chi connectivity index (χ0) is 15.5. The highest BCUT2D eigenvalue weighted by Gasteiger charge is 2.24. The van der Waals surface area contributed by atoms with E-state index in [4.69, 9.17) is 0 Å². The van der Waals surface area contributed by atoms with Crippen molar-refractivity contribution in [3.05, 3.63) is 34.2 Å². The highest BCUT2D eigenvalue weighted by molar-refractivity contribution is 7.09. The number of aromatic nitrogens is 3. The summed E-state index contributed by atoms with van der Waals surface area (Å²) in [4.78, 5) is 19.1. The van der Waals surface area contributed by atoms with Crippen LogP contribution in [0, 0.1) is 19.8 Å². The molecule has 0 N–H and O–H groups in total. The quantitative estimate of drug-likeness (QED) is 0.848. The first-order valence-electron chi connectivity index (χ1n) is 7.73. The molecule has 0 aliphatic carbocycles. The Balaban J connectivity index is 1.53. The first kappa shape index (κ1) is 15.4. The molecule has 1 aliphatic heterocycles. The predicted molar refractivity (Wildman–Crippen MR) is 90.3 cm³/mol. The molecule has 1 atom stereocenters. The van der Waals surface area contributed by atoms with Gasteiger partial charge in [-0.3, -0.25) is 0 Å². The van der Waals surface area contributed by atoms with E-state index in [1.165, 1.54) is 17.0 Å². The van der Waals surface area contributed by atoms with E-state index in [9.17, 15) is 0 Å². The van der Waals surface area contributed by atoms with Crippen molar-refractivity contribution in [2.24, 2.45) is 5.92 Å². The van der Waals surface area contributed by atoms with Gasteiger partial charge in [0.1, 0.15) is 12.1 Å². The molecule has 0 amide bonds. The van der Waals surface area contributed by atoms with Gasteiger partial charge in [-0.2, -0.15) is 0 Å². The van der Waals surface area contributed by atoms with Gasteiger partial charge < -0.3 is 9.80 Å². The van der Waals surface area contributed by atoms with Crippen LogP contribution in [0.3, 0.4) is 0 Å². The van der Waals surface area contributed by atoms with Crippen LogP contribution in [-0.2, 0) is 6.54 Å². The Morgan fingerprint density at radius 3 is 2.91 bits per heavy atom. The Labute approximate surface area is 136 Å². The average molecular weight is 317 g/mol. The van der Waals surface area contributed by atoms with Crippen molar-refractivity contribution in [3.63, 3.8) is 0 Å². The summed E-state index contributed by atoms with van der Waals surface area (Å²) in [6, 6.07) is 2.08. The van der Waals surface area contributed by atoms with Crippen LogP contribution >= 0.6 is 11.3 Å². The van der Waals surface area contributed by atoms with Crippen molar-refractivity contribution < 1.29 is 0 Å². The third kappa shape index (κ3) is 3.62. The van der Waals surface area contributed by atoms with Crippen LogP contribution in [0.1, 0.15) is 22.7 Å². The monoisotopic (exact) mass is 317 g/mol. The van der Waals surface area contributed by atoms with Crippen molar-refractivity contribution in [3.8, 4) is 0 Å². The topological polar surface area (TPSA) is 45.2 Å². The Hall–Kier alpha value is -1.53. The zero-order valence-electron chi connectivity index (χ0n) is 13.5. The summed E-state index contributed by atoms with van der Waals surface area (Å²) in [5.74, 6) is 1.77. The molecule has 0 aromatic carbocycles. The number of anilines is 1. The Morgan fingerprint density at radius 1 is 1.32 bits per heavy atom. The van der Waals surface area contributed by atoms with Gasteiger partial charge in [0.2, 0.25) is 0 Å². The second-order valence-corrected chi connectivity index (χ2v) is 7.12. The number of aryl methyl sites for hydroxylation is 2. The van der Waals surface area contributed by atoms with Gasteiger partial charge in [0.15, 0.2) is 0 Å². The maximum Gasteiger partial charge on any atom is 0.132 e. The Bertz CT molecular complexity index is 627. The van der Waals surface area contributed by atoms with E-state index in [0.29, 0.717) is 5.92 Å². The standard InChI is InChI=1S/C16H23N5S/c1-12-6-16(18-10-17-12)21-5-4-14(8-21)7-20(3)9-15-13(2)19-11-22-15/h6,10-11,14H,4-5,7-9H2,1-3H3/t14-/m1/s1. The van der Waals surface area contributed by atoms with Gasteiger partial charge in [0, 0.05) is 42.8 Å². The fraction of sp³-hybridized carbons (Fsp3) is 0.562. The summed E-state index contributed by atoms with van der Waals surface area (Å²) in [5, 5.41) is 0. The third-order valence-electron chi connectivity index (χ3n) is 4.23. The van der Waals surface area contributed by atoms with Crippen LogP contribution in [0.15, 0.2) is 17.9 Å². The van der Waals surface area contributed by atoms with Gasteiger partial charge in [-0.1, -0.05) is 0 Å². The Morgan fingerprint density at radius 2 is 2.18 bits per heavy atom. The maximum atomic E-state index is 4.40. The molecule has 1 aliphatic rings. The SMILES string of the molecule is Cc1cc(N2CC[C@H](CN(C)Cc3scnc3C)C2)ncn1. The van der Waals surface area contributed by atoms with Gasteiger partial charge in [0.25, 0.3) is 0 Å². The molecule has 0 saturated carbocycles. The summed E-state index contributed by atoms with van der Waals surface area (Å²) in [6.07, 6.45) is 2.89. The lowest BCUT2D eigenvalue weighted by molar-refractivity contribution is 0.281. The molecule has 0 radical (unpaired) electrons. The number of hydrogen-bond acceptors (Lipinski definition) is 6. The normalized spacial score (nSPS) is 18.4. The number of rotatable bonds is 5. The number of hydrogen-bond donors (Lipinski definition) is 0. The van der Waals surface area contributed by atoms with Crippen molar-refractivity contribution in [2.45, 2.75) is 26.8 Å². The maximum absolute atomic E-state index is 4.40. The Kier molecular flexibility index (Phi) is 4.69. The van der Waals surface area contributed by atoms with Crippen LogP contribution in [0.4, 0.5) is 5.82 Å². The third-order valence-corrected chi connectivity index (χ3v) is 5.15. The minimum Gasteiger partial charge on any atom is -0.356 e. The molecule has 2 aromatic heterocycles. The van der Waals surface area contributed by atoms with Crippen LogP contribution in [0.2, 0.25) is 0 Å². The van der Waals surface area contributed by atoms with Crippen LogP contribution in [-0.4, -0.2) is 46.5 Å². The molecule has 5 nitrogen and oxygen atoms in total. The predicted octanol–water partition coefficient (Wildman–Crippen LogP) is 2.51. The molecule has 3 heterocycles. The molecule has 0 spiro atoms. The first-order valence-corrected chi connectivity index (χ1v) is 8.61. The summed E-state index contributed by atoms with van der Waals surface area (Å²) >= 11 is 1.75. The fourth-order valence-corrected chi connectivity index (χ4v) is 3.89. The van der Waals surface area contributed by atoms with Gasteiger partial charge in [-0.05, 0) is 33.2 Å². The summed E-state index contributed by atoms with van der Waals surface area (Å²) < 4.78 is 0. The molecule has 3 rings (SSSR count). The molecule has 6 heteroatoms. The largest absolute Gasteiger partial charge is 0.356 e. The zero-order valence-corrected chi connectivity index (χ0v) is 14.3. The highest BCUT2D eigenvalue weighted by Crippen LogP contribution is 2.23. The average Bonchev–Trinajstić information content (AvgIpc) is 3.09. The molecule has 22 heavy (non-hydrogen) atoms. The van der Waals surface area contributed by atoms with E-state index in [-0.39, 0.29) is 0 Å². The lowest BCUT2D eigenvalue weighted by Crippen LogP contribution is -2.28. The molecule has 2 aromatic rings. The van der Waals surface area contributed by atoms with Crippen LogP contribution < -0.4 is 4.90 Å². The lowest BCUT2D eigenvalue weighted by Gasteiger charge is -2.21. The second kappa shape index (κ2) is 6.71. The molecular weight excluding hydrogens is 294 g/mol. The number of thiazole rings is 1. The van der Waals surface area contributed by atoms with Crippen molar-refractivity contribution in [1.29, 1.82) is 0 Å². The van der Waals surface area contributed by atoms with E-state index < -0.39 is 0 Å². The molecule has 1 fully saturated rings. The van der Waals surface area contributed by atoms with E-state index in [2.05, 4.69) is 44.8 Å². The minimum atomic E-state index is 0.702. The van der Waals surface area contributed by atoms with Gasteiger partial charge in [-0.15, -0.1) is 11.3 Å². The lowest BCUT2D eigenvalue weighted by atomic mass is 10.1. The molecule has 118 valence electrons. The molecule has 0 unspecified atom stereocenters. The van der Waals surface area contributed by atoms with E-state index in [1.807, 2.05) is 12.4 Å². The molecule has 1 saturated heterocycles. The summed E-state index contributed by atoms with van der Waals surface area (Å²) in [7, 11) is 2.21. The first-order chi connectivity index (χ1) is 10.6. The van der Waals surface area contributed by atoms with Gasteiger partial charge >= 0.3 is 0 Å². The second-order valence-electron chi connectivity index (χ2n) is 6.18.